The van der Waals surface area contributed by atoms with E-state index in [1.54, 1.807) is 12.1 Å². The second-order valence-corrected chi connectivity index (χ2v) is 7.07. The van der Waals surface area contributed by atoms with E-state index in [0.717, 1.165) is 21.7 Å². The molecule has 4 nitrogen and oxygen atoms in total. The van der Waals surface area contributed by atoms with Crippen molar-refractivity contribution < 1.29 is 4.79 Å². The average molecular weight is 368 g/mol. The Morgan fingerprint density at radius 2 is 1.84 bits per heavy atom. The van der Waals surface area contributed by atoms with Gasteiger partial charge in [-0.3, -0.25) is 4.79 Å². The van der Waals surface area contributed by atoms with Gasteiger partial charge in [0.25, 0.3) is 5.91 Å². The highest BCUT2D eigenvalue weighted by molar-refractivity contribution is 7.17. The van der Waals surface area contributed by atoms with Crippen LogP contribution in [0.15, 0.2) is 60.7 Å². The van der Waals surface area contributed by atoms with Crippen molar-refractivity contribution in [2.24, 2.45) is 7.05 Å². The number of thiophene rings is 1. The minimum atomic E-state index is -0.178. The highest BCUT2D eigenvalue weighted by Crippen LogP contribution is 2.30. The van der Waals surface area contributed by atoms with E-state index in [2.05, 4.69) is 10.3 Å². The Morgan fingerprint density at radius 3 is 2.64 bits per heavy atom. The van der Waals surface area contributed by atoms with Crippen LogP contribution in [0.2, 0.25) is 5.02 Å². The van der Waals surface area contributed by atoms with Gasteiger partial charge in [-0.25, -0.2) is 4.98 Å². The van der Waals surface area contributed by atoms with E-state index in [9.17, 15) is 4.79 Å². The van der Waals surface area contributed by atoms with Gasteiger partial charge in [-0.05, 0) is 36.4 Å². The van der Waals surface area contributed by atoms with Crippen molar-refractivity contribution in [1.82, 2.24) is 9.55 Å². The molecule has 0 unspecified atom stereocenters. The molecule has 25 heavy (non-hydrogen) atoms. The number of aromatic nitrogens is 2. The summed E-state index contributed by atoms with van der Waals surface area (Å²) in [7, 11) is 1.98. The van der Waals surface area contributed by atoms with Gasteiger partial charge in [0.1, 0.15) is 0 Å². The lowest BCUT2D eigenvalue weighted by Crippen LogP contribution is -2.10. The van der Waals surface area contributed by atoms with Gasteiger partial charge in [-0.15, -0.1) is 11.3 Å². The van der Waals surface area contributed by atoms with Gasteiger partial charge < -0.3 is 9.88 Å². The third kappa shape index (κ3) is 2.92. The number of amides is 1. The fraction of sp³-hybridized carbons (Fsp3) is 0.0526. The Bertz CT molecular complexity index is 1080. The molecule has 1 N–H and O–H groups in total. The predicted octanol–water partition coefficient (Wildman–Crippen LogP) is 5.21. The molecule has 0 bridgehead atoms. The lowest BCUT2D eigenvalue weighted by molar-refractivity contribution is 0.103. The first kappa shape index (κ1) is 15.9. The number of imidazole rings is 1. The highest BCUT2D eigenvalue weighted by Gasteiger charge is 2.15. The van der Waals surface area contributed by atoms with Gasteiger partial charge in [-0.2, -0.15) is 0 Å². The smallest absolute Gasteiger partial charge is 0.265 e. The van der Waals surface area contributed by atoms with Gasteiger partial charge in [0, 0.05) is 7.05 Å². The van der Waals surface area contributed by atoms with Crippen molar-refractivity contribution in [3.63, 3.8) is 0 Å². The van der Waals surface area contributed by atoms with Gasteiger partial charge in [0.2, 0.25) is 0 Å². The number of nitrogens with one attached hydrogen (secondary N) is 1. The quantitative estimate of drug-likeness (QED) is 0.540. The van der Waals surface area contributed by atoms with Gasteiger partial charge in [0.15, 0.2) is 5.82 Å². The molecule has 0 aliphatic carbocycles. The van der Waals surface area contributed by atoms with E-state index in [1.807, 2.05) is 60.1 Å². The van der Waals surface area contributed by atoms with Crippen LogP contribution in [-0.2, 0) is 7.05 Å². The molecular formula is C19H14ClN3OS. The lowest BCUT2D eigenvalue weighted by Gasteiger charge is -2.05. The number of nitrogens with zero attached hydrogens (tertiary/aromatic N) is 2. The zero-order chi connectivity index (χ0) is 17.4. The summed E-state index contributed by atoms with van der Waals surface area (Å²) in [4.78, 5) is 18.7. The molecule has 6 heteroatoms. The number of para-hydroxylation sites is 3. The maximum absolute atomic E-state index is 12.5. The Morgan fingerprint density at radius 1 is 1.08 bits per heavy atom. The van der Waals surface area contributed by atoms with Crippen LogP contribution in [0.5, 0.6) is 0 Å². The third-order valence-electron chi connectivity index (χ3n) is 3.96. The molecule has 124 valence electrons. The summed E-state index contributed by atoms with van der Waals surface area (Å²) < 4.78 is 2.04. The molecule has 4 rings (SSSR count). The highest BCUT2D eigenvalue weighted by atomic mass is 35.5. The number of halogens is 1. The van der Waals surface area contributed by atoms with Crippen molar-refractivity contribution >= 4 is 45.6 Å². The van der Waals surface area contributed by atoms with E-state index in [-0.39, 0.29) is 5.91 Å². The second-order valence-electron chi connectivity index (χ2n) is 5.58. The molecule has 2 aromatic carbocycles. The van der Waals surface area contributed by atoms with Crippen LogP contribution >= 0.6 is 22.9 Å². The number of carbonyl (C=O) groups is 1. The van der Waals surface area contributed by atoms with Crippen molar-refractivity contribution in [3.8, 4) is 10.7 Å². The topological polar surface area (TPSA) is 46.9 Å². The van der Waals surface area contributed by atoms with Crippen molar-refractivity contribution in [1.29, 1.82) is 0 Å². The van der Waals surface area contributed by atoms with Gasteiger partial charge >= 0.3 is 0 Å². The first-order valence-corrected chi connectivity index (χ1v) is 8.90. The molecule has 1 amide bonds. The number of carbonyl (C=O) groups excluding carboxylic acids is 1. The molecule has 0 fully saturated rings. The molecule has 0 spiro atoms. The minimum absolute atomic E-state index is 0.178. The van der Waals surface area contributed by atoms with Crippen molar-refractivity contribution in [2.75, 3.05) is 5.32 Å². The first-order chi connectivity index (χ1) is 12.1. The Balaban J connectivity index is 1.64. The number of fused-ring (bicyclic) bond motifs is 1. The van der Waals surface area contributed by atoms with Crippen LogP contribution in [0.4, 0.5) is 5.69 Å². The van der Waals surface area contributed by atoms with Crippen molar-refractivity contribution in [2.45, 2.75) is 0 Å². The third-order valence-corrected chi connectivity index (χ3v) is 5.37. The zero-order valence-corrected chi connectivity index (χ0v) is 14.9. The van der Waals surface area contributed by atoms with E-state index in [0.29, 0.717) is 15.6 Å². The molecular weight excluding hydrogens is 354 g/mol. The van der Waals surface area contributed by atoms with Crippen LogP contribution in [0.1, 0.15) is 9.67 Å². The summed E-state index contributed by atoms with van der Waals surface area (Å²) in [5, 5.41) is 3.36. The number of rotatable bonds is 3. The first-order valence-electron chi connectivity index (χ1n) is 7.71. The average Bonchev–Trinajstić information content (AvgIpc) is 3.22. The molecule has 0 aliphatic rings. The monoisotopic (exact) mass is 367 g/mol. The maximum atomic E-state index is 12.5. The van der Waals surface area contributed by atoms with Crippen LogP contribution in [-0.4, -0.2) is 15.5 Å². The molecule has 4 aromatic rings. The lowest BCUT2D eigenvalue weighted by atomic mass is 10.3. The molecule has 0 saturated carbocycles. The standard InChI is InChI=1S/C19H14ClN3OS/c1-23-15-9-5-4-8-14(15)21-18(23)16-10-11-17(25-16)19(24)22-13-7-3-2-6-12(13)20/h2-11H,1H3,(H,22,24). The largest absolute Gasteiger partial charge is 0.326 e. The summed E-state index contributed by atoms with van der Waals surface area (Å²) >= 11 is 7.51. The van der Waals surface area contributed by atoms with Crippen molar-refractivity contribution in [3.05, 3.63) is 70.6 Å². The maximum Gasteiger partial charge on any atom is 0.265 e. The molecule has 0 aliphatic heterocycles. The summed E-state index contributed by atoms with van der Waals surface area (Å²) in [6, 6.07) is 18.9. The van der Waals surface area contributed by atoms with Crippen LogP contribution in [0.25, 0.3) is 21.7 Å². The van der Waals surface area contributed by atoms with Gasteiger partial charge in [-0.1, -0.05) is 35.9 Å². The number of benzene rings is 2. The number of aryl methyl sites for hydroxylation is 1. The summed E-state index contributed by atoms with van der Waals surface area (Å²) in [6.07, 6.45) is 0. The molecule has 2 aromatic heterocycles. The Labute approximate surface area is 153 Å². The fourth-order valence-electron chi connectivity index (χ4n) is 2.69. The van der Waals surface area contributed by atoms with Crippen LogP contribution in [0, 0.1) is 0 Å². The van der Waals surface area contributed by atoms with Gasteiger partial charge in [0.05, 0.1) is 31.5 Å². The summed E-state index contributed by atoms with van der Waals surface area (Å²) in [5.74, 6) is 0.672. The SMILES string of the molecule is Cn1c(-c2ccc(C(=O)Nc3ccccc3Cl)s2)nc2ccccc21. The fourth-order valence-corrected chi connectivity index (χ4v) is 3.80. The predicted molar refractivity (Wildman–Crippen MR) is 103 cm³/mol. The zero-order valence-electron chi connectivity index (χ0n) is 13.4. The Kier molecular flexibility index (Phi) is 4.03. The minimum Gasteiger partial charge on any atom is -0.326 e. The van der Waals surface area contributed by atoms with E-state index in [1.165, 1.54) is 11.3 Å². The Hall–Kier alpha value is -2.63. The van der Waals surface area contributed by atoms with E-state index < -0.39 is 0 Å². The van der Waals surface area contributed by atoms with Crippen LogP contribution in [0.3, 0.4) is 0 Å². The summed E-state index contributed by atoms with van der Waals surface area (Å²) in [6.45, 7) is 0. The number of anilines is 1. The van der Waals surface area contributed by atoms with E-state index >= 15 is 0 Å². The molecule has 0 radical (unpaired) electrons. The summed E-state index contributed by atoms with van der Waals surface area (Å²) in [5.41, 5.74) is 2.61. The normalized spacial score (nSPS) is 11.0. The number of hydrogen-bond donors (Lipinski definition) is 1. The van der Waals surface area contributed by atoms with Crippen LogP contribution < -0.4 is 5.32 Å². The second kappa shape index (κ2) is 6.35. The molecule has 0 saturated heterocycles. The number of hydrogen-bond acceptors (Lipinski definition) is 3. The van der Waals surface area contributed by atoms with E-state index in [4.69, 9.17) is 11.6 Å². The molecule has 0 atom stereocenters. The molecule has 2 heterocycles.